The average Bonchev–Trinajstić information content (AvgIpc) is 2.76. The first-order valence-electron chi connectivity index (χ1n) is 11.4. The maximum atomic E-state index is 12.1. The van der Waals surface area contributed by atoms with E-state index in [2.05, 4.69) is 49.6 Å². The summed E-state index contributed by atoms with van der Waals surface area (Å²) in [5.74, 6) is 0.852. The summed E-state index contributed by atoms with van der Waals surface area (Å²) >= 11 is 0. The molecule has 0 saturated heterocycles. The molecule has 0 saturated carbocycles. The van der Waals surface area contributed by atoms with Crippen LogP contribution in [0.2, 0.25) is 0 Å². The number of ether oxygens (including phenoxy) is 1. The molecule has 3 rings (SSSR count). The number of fused-ring (bicyclic) bond motifs is 1. The normalized spacial score (nSPS) is 19.1. The number of aryl methyl sites for hydroxylation is 1. The second kappa shape index (κ2) is 10.3. The Kier molecular flexibility index (Phi) is 7.74. The summed E-state index contributed by atoms with van der Waals surface area (Å²) in [4.78, 5) is 12.1. The molecule has 0 fully saturated rings. The molecule has 0 spiro atoms. The van der Waals surface area contributed by atoms with Crippen LogP contribution in [0.3, 0.4) is 0 Å². The number of hydrogen-bond donors (Lipinski definition) is 3. The summed E-state index contributed by atoms with van der Waals surface area (Å²) in [6, 6.07) is 16.1. The molecule has 0 aromatic heterocycles. The Morgan fingerprint density at radius 2 is 1.90 bits per heavy atom. The van der Waals surface area contributed by atoms with E-state index < -0.39 is 6.10 Å². The molecule has 1 aliphatic rings. The van der Waals surface area contributed by atoms with Crippen LogP contribution in [-0.2, 0) is 17.6 Å². The van der Waals surface area contributed by atoms with Crippen molar-refractivity contribution < 1.29 is 14.6 Å². The topological polar surface area (TPSA) is 70.6 Å². The van der Waals surface area contributed by atoms with Gasteiger partial charge < -0.3 is 20.5 Å². The van der Waals surface area contributed by atoms with Crippen LogP contribution in [-0.4, -0.2) is 35.3 Å². The molecule has 5 heteroatoms. The zero-order chi connectivity index (χ0) is 22.4. The summed E-state index contributed by atoms with van der Waals surface area (Å²) in [6.45, 7) is 8.54. The van der Waals surface area contributed by atoms with Gasteiger partial charge in [0.2, 0.25) is 5.91 Å². The number of rotatable bonds is 9. The predicted octanol–water partition coefficient (Wildman–Crippen LogP) is 3.94. The standard InChI is InChI=1S/C26H36N2O3/c1-5-18-12-13-24-20(14-18)22(16-26(3,4)31-24)27-17-23(29)21(28-25(30)6-2)15-19-10-8-7-9-11-19/h7-14,21-23,27,29H,5-6,15-17H2,1-4H3,(H,28,30)/t21-,22-,23+/m0/s1. The number of nitrogens with one attached hydrogen (secondary N) is 2. The highest BCUT2D eigenvalue weighted by atomic mass is 16.5. The van der Waals surface area contributed by atoms with Crippen molar-refractivity contribution in [1.29, 1.82) is 0 Å². The van der Waals surface area contributed by atoms with Gasteiger partial charge in [0, 0.05) is 31.0 Å². The van der Waals surface area contributed by atoms with Gasteiger partial charge in [0.25, 0.3) is 0 Å². The van der Waals surface area contributed by atoms with Crippen molar-refractivity contribution in [1.82, 2.24) is 10.6 Å². The monoisotopic (exact) mass is 424 g/mol. The maximum Gasteiger partial charge on any atom is 0.220 e. The van der Waals surface area contributed by atoms with Gasteiger partial charge in [-0.3, -0.25) is 4.79 Å². The second-order valence-electron chi connectivity index (χ2n) is 9.04. The molecule has 2 aromatic rings. The highest BCUT2D eigenvalue weighted by Gasteiger charge is 2.34. The van der Waals surface area contributed by atoms with Gasteiger partial charge in [-0.05, 0) is 43.9 Å². The molecule has 1 heterocycles. The van der Waals surface area contributed by atoms with E-state index in [4.69, 9.17) is 4.74 Å². The maximum absolute atomic E-state index is 12.1. The van der Waals surface area contributed by atoms with Crippen LogP contribution in [0, 0.1) is 0 Å². The summed E-state index contributed by atoms with van der Waals surface area (Å²) in [7, 11) is 0. The van der Waals surface area contributed by atoms with Crippen LogP contribution < -0.4 is 15.4 Å². The van der Waals surface area contributed by atoms with Crippen LogP contribution in [0.25, 0.3) is 0 Å². The molecule has 0 unspecified atom stereocenters. The molecule has 31 heavy (non-hydrogen) atoms. The summed E-state index contributed by atoms with van der Waals surface area (Å²) in [5.41, 5.74) is 3.21. The Bertz CT molecular complexity index is 866. The molecule has 3 atom stereocenters. The van der Waals surface area contributed by atoms with Crippen LogP contribution in [0.1, 0.15) is 63.3 Å². The van der Waals surface area contributed by atoms with Crippen molar-refractivity contribution in [2.75, 3.05) is 6.54 Å². The molecule has 0 aliphatic carbocycles. The fourth-order valence-electron chi connectivity index (χ4n) is 4.17. The lowest BCUT2D eigenvalue weighted by Gasteiger charge is -2.39. The SMILES string of the molecule is CCC(=O)N[C@@H](Cc1ccccc1)[C@H](O)CN[C@H]1CC(C)(C)Oc2ccc(CC)cc21. The zero-order valence-electron chi connectivity index (χ0n) is 19.2. The minimum atomic E-state index is -0.709. The third-order valence-electron chi connectivity index (χ3n) is 5.94. The zero-order valence-corrected chi connectivity index (χ0v) is 19.2. The lowest BCUT2D eigenvalue weighted by atomic mass is 9.88. The van der Waals surface area contributed by atoms with Crippen LogP contribution in [0.15, 0.2) is 48.5 Å². The molecule has 0 radical (unpaired) electrons. The van der Waals surface area contributed by atoms with Gasteiger partial charge in [-0.1, -0.05) is 56.3 Å². The van der Waals surface area contributed by atoms with Crippen molar-refractivity contribution in [3.05, 3.63) is 65.2 Å². The van der Waals surface area contributed by atoms with Crippen molar-refractivity contribution in [3.63, 3.8) is 0 Å². The third-order valence-corrected chi connectivity index (χ3v) is 5.94. The van der Waals surface area contributed by atoms with E-state index in [9.17, 15) is 9.90 Å². The highest BCUT2D eigenvalue weighted by Crippen LogP contribution is 2.40. The summed E-state index contributed by atoms with van der Waals surface area (Å²) in [5, 5.41) is 17.6. The Hall–Kier alpha value is -2.37. The highest BCUT2D eigenvalue weighted by molar-refractivity contribution is 5.75. The Morgan fingerprint density at radius 1 is 1.16 bits per heavy atom. The van der Waals surface area contributed by atoms with Gasteiger partial charge in [0.15, 0.2) is 0 Å². The third kappa shape index (κ3) is 6.31. The number of carbonyl (C=O) groups excluding carboxylic acids is 1. The van der Waals surface area contributed by atoms with E-state index in [0.29, 0.717) is 19.4 Å². The number of amides is 1. The molecule has 1 amide bonds. The minimum absolute atomic E-state index is 0.0508. The van der Waals surface area contributed by atoms with Gasteiger partial charge in [0.05, 0.1) is 12.1 Å². The fourth-order valence-corrected chi connectivity index (χ4v) is 4.17. The number of aliphatic hydroxyl groups excluding tert-OH is 1. The Balaban J connectivity index is 1.73. The van der Waals surface area contributed by atoms with Gasteiger partial charge in [-0.25, -0.2) is 0 Å². The van der Waals surface area contributed by atoms with E-state index in [1.807, 2.05) is 37.3 Å². The molecule has 1 aliphatic heterocycles. The van der Waals surface area contributed by atoms with E-state index >= 15 is 0 Å². The lowest BCUT2D eigenvalue weighted by Crippen LogP contribution is -2.50. The van der Waals surface area contributed by atoms with E-state index in [1.54, 1.807) is 0 Å². The fraction of sp³-hybridized carbons (Fsp3) is 0.500. The van der Waals surface area contributed by atoms with Crippen LogP contribution in [0.4, 0.5) is 0 Å². The van der Waals surface area contributed by atoms with E-state index in [0.717, 1.165) is 29.7 Å². The van der Waals surface area contributed by atoms with Gasteiger partial charge in [-0.15, -0.1) is 0 Å². The van der Waals surface area contributed by atoms with Crippen molar-refractivity contribution in [2.24, 2.45) is 0 Å². The molecule has 0 bridgehead atoms. The van der Waals surface area contributed by atoms with Crippen LogP contribution in [0.5, 0.6) is 5.75 Å². The van der Waals surface area contributed by atoms with E-state index in [1.165, 1.54) is 5.56 Å². The molecular formula is C26H36N2O3. The van der Waals surface area contributed by atoms with Crippen molar-refractivity contribution in [3.8, 4) is 5.75 Å². The largest absolute Gasteiger partial charge is 0.487 e. The number of carbonyl (C=O) groups is 1. The average molecular weight is 425 g/mol. The summed E-state index contributed by atoms with van der Waals surface area (Å²) in [6.07, 6.45) is 2.05. The number of aliphatic hydroxyl groups is 1. The van der Waals surface area contributed by atoms with Gasteiger partial charge in [-0.2, -0.15) is 0 Å². The summed E-state index contributed by atoms with van der Waals surface area (Å²) < 4.78 is 6.19. The first kappa shape index (κ1) is 23.3. The van der Waals surface area contributed by atoms with Gasteiger partial charge in [0.1, 0.15) is 11.4 Å². The number of benzene rings is 2. The molecule has 168 valence electrons. The lowest BCUT2D eigenvalue weighted by molar-refractivity contribution is -0.122. The minimum Gasteiger partial charge on any atom is -0.487 e. The Labute approximate surface area is 186 Å². The van der Waals surface area contributed by atoms with E-state index in [-0.39, 0.29) is 23.6 Å². The van der Waals surface area contributed by atoms with Crippen molar-refractivity contribution >= 4 is 5.91 Å². The molecule has 3 N–H and O–H groups in total. The first-order valence-corrected chi connectivity index (χ1v) is 11.4. The number of hydrogen-bond acceptors (Lipinski definition) is 4. The van der Waals surface area contributed by atoms with Crippen molar-refractivity contribution in [2.45, 2.75) is 77.2 Å². The quantitative estimate of drug-likeness (QED) is 0.570. The molecular weight excluding hydrogens is 388 g/mol. The predicted molar refractivity (Wildman–Crippen MR) is 124 cm³/mol. The van der Waals surface area contributed by atoms with Crippen LogP contribution >= 0.6 is 0 Å². The smallest absolute Gasteiger partial charge is 0.220 e. The molecule has 2 aromatic carbocycles. The Morgan fingerprint density at radius 3 is 2.58 bits per heavy atom. The first-order chi connectivity index (χ1) is 14.8. The molecule has 5 nitrogen and oxygen atoms in total. The second-order valence-corrected chi connectivity index (χ2v) is 9.04. The van der Waals surface area contributed by atoms with Gasteiger partial charge >= 0.3 is 0 Å².